The van der Waals surface area contributed by atoms with Crippen molar-refractivity contribution in [1.29, 1.82) is 0 Å². The normalized spacial score (nSPS) is 11.4. The summed E-state index contributed by atoms with van der Waals surface area (Å²) in [5.41, 5.74) is 11.1. The Hall–Kier alpha value is -2.04. The molecule has 74 valence electrons. The third-order valence-electron chi connectivity index (χ3n) is 1.54. The van der Waals surface area contributed by atoms with Crippen LogP contribution in [0.1, 0.15) is 11.8 Å². The summed E-state index contributed by atoms with van der Waals surface area (Å²) in [7, 11) is 0. The molecule has 14 heavy (non-hydrogen) atoms. The summed E-state index contributed by atoms with van der Waals surface area (Å²) in [5.74, 6) is -0.124. The molecule has 0 aliphatic carbocycles. The molecule has 0 aliphatic heterocycles. The van der Waals surface area contributed by atoms with Gasteiger partial charge in [-0.1, -0.05) is 30.3 Å². The highest BCUT2D eigenvalue weighted by atomic mass is 16.5. The van der Waals surface area contributed by atoms with Crippen molar-refractivity contribution in [3.63, 3.8) is 0 Å². The van der Waals surface area contributed by atoms with Crippen molar-refractivity contribution in [2.24, 2.45) is 16.5 Å². The van der Waals surface area contributed by atoms with Crippen molar-refractivity contribution in [2.45, 2.75) is 6.23 Å². The standard InChI is InChI=1S/C9H11N3O2/c10-9(11)12-8(14-6-13)7-4-2-1-3-5-7/h1-6,8H,(H4,10,11,12). The van der Waals surface area contributed by atoms with Crippen molar-refractivity contribution in [3.05, 3.63) is 35.9 Å². The molecule has 4 N–H and O–H groups in total. The Labute approximate surface area is 81.4 Å². The molecule has 0 heterocycles. The molecule has 1 rings (SSSR count). The first-order chi connectivity index (χ1) is 6.74. The number of guanidine groups is 1. The fraction of sp³-hybridized carbons (Fsp3) is 0.111. The Balaban J connectivity index is 2.88. The zero-order chi connectivity index (χ0) is 10.4. The van der Waals surface area contributed by atoms with Crippen LogP contribution in [0.15, 0.2) is 35.3 Å². The largest absolute Gasteiger partial charge is 0.437 e. The number of carbonyl (C=O) groups excluding carboxylic acids is 1. The second-order valence-electron chi connectivity index (χ2n) is 2.55. The number of hydrogen-bond acceptors (Lipinski definition) is 3. The molecule has 1 aromatic carbocycles. The van der Waals surface area contributed by atoms with Crippen LogP contribution in [0.5, 0.6) is 0 Å². The topological polar surface area (TPSA) is 90.7 Å². The Morgan fingerprint density at radius 1 is 1.36 bits per heavy atom. The van der Waals surface area contributed by atoms with Crippen molar-refractivity contribution < 1.29 is 9.53 Å². The van der Waals surface area contributed by atoms with Gasteiger partial charge in [0.05, 0.1) is 0 Å². The summed E-state index contributed by atoms with van der Waals surface area (Å²) in [6.45, 7) is 0.310. The molecule has 0 aromatic heterocycles. The monoisotopic (exact) mass is 193 g/mol. The van der Waals surface area contributed by atoms with Gasteiger partial charge in [0, 0.05) is 5.56 Å². The number of ether oxygens (including phenoxy) is 1. The molecule has 5 heteroatoms. The van der Waals surface area contributed by atoms with E-state index in [0.717, 1.165) is 0 Å². The van der Waals surface area contributed by atoms with Gasteiger partial charge in [0.25, 0.3) is 6.47 Å². The smallest absolute Gasteiger partial charge is 0.295 e. The van der Waals surface area contributed by atoms with E-state index < -0.39 is 6.23 Å². The van der Waals surface area contributed by atoms with Gasteiger partial charge in [-0.05, 0) is 0 Å². The second-order valence-corrected chi connectivity index (χ2v) is 2.55. The zero-order valence-corrected chi connectivity index (χ0v) is 7.46. The van der Waals surface area contributed by atoms with Gasteiger partial charge < -0.3 is 16.2 Å². The van der Waals surface area contributed by atoms with Crippen LogP contribution in [-0.4, -0.2) is 12.4 Å². The summed E-state index contributed by atoms with van der Waals surface area (Å²) in [4.78, 5) is 14.0. The van der Waals surface area contributed by atoms with Crippen LogP contribution in [0.25, 0.3) is 0 Å². The van der Waals surface area contributed by atoms with Crippen LogP contribution in [-0.2, 0) is 9.53 Å². The predicted molar refractivity (Wildman–Crippen MR) is 52.1 cm³/mol. The second kappa shape index (κ2) is 4.86. The molecule has 0 spiro atoms. The molecular weight excluding hydrogens is 182 g/mol. The fourth-order valence-corrected chi connectivity index (χ4v) is 0.989. The summed E-state index contributed by atoms with van der Waals surface area (Å²) in [6, 6.07) is 8.98. The Morgan fingerprint density at radius 3 is 2.50 bits per heavy atom. The molecule has 0 radical (unpaired) electrons. The molecule has 1 aromatic rings. The number of hydrogen-bond donors (Lipinski definition) is 2. The Bertz CT molecular complexity index is 320. The van der Waals surface area contributed by atoms with Gasteiger partial charge in [-0.3, -0.25) is 4.79 Å². The van der Waals surface area contributed by atoms with Crippen LogP contribution in [0.4, 0.5) is 0 Å². The van der Waals surface area contributed by atoms with E-state index in [1.54, 1.807) is 24.3 Å². The van der Waals surface area contributed by atoms with E-state index in [4.69, 9.17) is 16.2 Å². The van der Waals surface area contributed by atoms with Gasteiger partial charge in [0.1, 0.15) is 0 Å². The van der Waals surface area contributed by atoms with Crippen LogP contribution < -0.4 is 11.5 Å². The van der Waals surface area contributed by atoms with Crippen LogP contribution >= 0.6 is 0 Å². The van der Waals surface area contributed by atoms with Gasteiger partial charge in [-0.2, -0.15) is 0 Å². The summed E-state index contributed by atoms with van der Waals surface area (Å²) < 4.78 is 4.71. The van der Waals surface area contributed by atoms with Crippen LogP contribution in [0, 0.1) is 0 Å². The number of nitrogens with two attached hydrogens (primary N) is 2. The van der Waals surface area contributed by atoms with Crippen molar-refractivity contribution in [1.82, 2.24) is 0 Å². The SMILES string of the molecule is NC(N)=NC(OC=O)c1ccccc1. The van der Waals surface area contributed by atoms with Crippen molar-refractivity contribution >= 4 is 12.4 Å². The summed E-state index contributed by atoms with van der Waals surface area (Å²) in [5, 5.41) is 0. The van der Waals surface area contributed by atoms with Crippen molar-refractivity contribution in [2.75, 3.05) is 0 Å². The highest BCUT2D eigenvalue weighted by molar-refractivity contribution is 5.76. The Morgan fingerprint density at radius 2 is 2.00 bits per heavy atom. The van der Waals surface area contributed by atoms with Crippen molar-refractivity contribution in [3.8, 4) is 0 Å². The van der Waals surface area contributed by atoms with E-state index in [9.17, 15) is 4.79 Å². The summed E-state index contributed by atoms with van der Waals surface area (Å²) >= 11 is 0. The van der Waals surface area contributed by atoms with Crippen LogP contribution in [0.3, 0.4) is 0 Å². The lowest BCUT2D eigenvalue weighted by atomic mass is 10.2. The van der Waals surface area contributed by atoms with Gasteiger partial charge in [-0.15, -0.1) is 0 Å². The lowest BCUT2D eigenvalue weighted by molar-refractivity contribution is -0.133. The van der Waals surface area contributed by atoms with E-state index in [2.05, 4.69) is 4.99 Å². The third kappa shape index (κ3) is 2.78. The molecule has 0 saturated heterocycles. The molecule has 5 nitrogen and oxygen atoms in total. The van der Waals surface area contributed by atoms with E-state index in [1.165, 1.54) is 0 Å². The first-order valence-corrected chi connectivity index (χ1v) is 3.97. The van der Waals surface area contributed by atoms with Gasteiger partial charge in [0.2, 0.25) is 6.23 Å². The van der Waals surface area contributed by atoms with Gasteiger partial charge in [0.15, 0.2) is 5.96 Å². The van der Waals surface area contributed by atoms with Crippen LogP contribution in [0.2, 0.25) is 0 Å². The lowest BCUT2D eigenvalue weighted by Gasteiger charge is -2.10. The average molecular weight is 193 g/mol. The maximum atomic E-state index is 10.2. The number of carbonyl (C=O) groups is 1. The molecule has 0 aliphatic rings. The molecule has 0 bridgehead atoms. The summed E-state index contributed by atoms with van der Waals surface area (Å²) in [6.07, 6.45) is -0.765. The maximum absolute atomic E-state index is 10.2. The lowest BCUT2D eigenvalue weighted by Crippen LogP contribution is -2.24. The predicted octanol–water partition coefficient (Wildman–Crippen LogP) is 0.132. The molecule has 1 atom stereocenters. The molecule has 0 fully saturated rings. The minimum absolute atomic E-state index is 0.124. The zero-order valence-electron chi connectivity index (χ0n) is 7.46. The average Bonchev–Trinajstić information content (AvgIpc) is 2.18. The fourth-order valence-electron chi connectivity index (χ4n) is 0.989. The maximum Gasteiger partial charge on any atom is 0.295 e. The first-order valence-electron chi connectivity index (χ1n) is 3.97. The number of nitrogens with zero attached hydrogens (tertiary/aromatic N) is 1. The highest BCUT2D eigenvalue weighted by Crippen LogP contribution is 2.16. The molecule has 1 unspecified atom stereocenters. The number of benzene rings is 1. The minimum atomic E-state index is -0.765. The third-order valence-corrected chi connectivity index (χ3v) is 1.54. The van der Waals surface area contributed by atoms with E-state index in [-0.39, 0.29) is 5.96 Å². The molecular formula is C9H11N3O2. The van der Waals surface area contributed by atoms with Gasteiger partial charge >= 0.3 is 0 Å². The molecule has 0 amide bonds. The number of aliphatic imine (C=N–C) groups is 1. The first kappa shape index (κ1) is 10.0. The minimum Gasteiger partial charge on any atom is -0.437 e. The number of rotatable bonds is 4. The van der Waals surface area contributed by atoms with E-state index in [1.807, 2.05) is 6.07 Å². The Kier molecular flexibility index (Phi) is 3.49. The quantitative estimate of drug-likeness (QED) is 0.404. The highest BCUT2D eigenvalue weighted by Gasteiger charge is 2.09. The molecule has 0 saturated carbocycles. The van der Waals surface area contributed by atoms with Gasteiger partial charge in [-0.25, -0.2) is 4.99 Å². The van der Waals surface area contributed by atoms with E-state index in [0.29, 0.717) is 12.0 Å². The van der Waals surface area contributed by atoms with E-state index >= 15 is 0 Å².